The molecule has 176 valence electrons. The molecule has 1 saturated heterocycles. The van der Waals surface area contributed by atoms with E-state index in [9.17, 15) is 23.9 Å². The Morgan fingerprint density at radius 1 is 1.24 bits per heavy atom. The number of ether oxygens (including phenoxy) is 1. The van der Waals surface area contributed by atoms with Crippen LogP contribution in [0.3, 0.4) is 0 Å². The normalized spacial score (nSPS) is 17.3. The molecule has 2 aromatic rings. The average molecular weight is 458 g/mol. The van der Waals surface area contributed by atoms with Crippen LogP contribution >= 0.6 is 0 Å². The number of nitrogens with zero attached hydrogens (tertiary/aromatic N) is 1. The average Bonchev–Trinajstić information content (AvgIpc) is 3.16. The van der Waals surface area contributed by atoms with Gasteiger partial charge in [-0.05, 0) is 36.2 Å². The molecule has 1 aliphatic rings. The Morgan fingerprint density at radius 3 is 2.55 bits per heavy atom. The molecule has 1 heterocycles. The third kappa shape index (κ3) is 6.05. The van der Waals surface area contributed by atoms with Crippen molar-refractivity contribution in [2.45, 2.75) is 38.6 Å². The minimum atomic E-state index is -1.01. The third-order valence-electron chi connectivity index (χ3n) is 5.27. The molecule has 0 saturated carbocycles. The van der Waals surface area contributed by atoms with Crippen molar-refractivity contribution in [2.24, 2.45) is 5.73 Å². The molecule has 1 aliphatic heterocycles. The van der Waals surface area contributed by atoms with Gasteiger partial charge >= 0.3 is 6.09 Å². The van der Waals surface area contributed by atoms with Crippen LogP contribution in [0, 0.1) is 5.82 Å². The van der Waals surface area contributed by atoms with Gasteiger partial charge in [0.25, 0.3) is 0 Å². The highest BCUT2D eigenvalue weighted by atomic mass is 19.1. The minimum absolute atomic E-state index is 0.190. The highest BCUT2D eigenvalue weighted by Crippen LogP contribution is 2.29. The predicted octanol–water partition coefficient (Wildman–Crippen LogP) is 1.28. The first-order chi connectivity index (χ1) is 15.7. The second-order valence-corrected chi connectivity index (χ2v) is 7.90. The molecule has 33 heavy (non-hydrogen) atoms. The van der Waals surface area contributed by atoms with Crippen LogP contribution in [0.2, 0.25) is 0 Å². The second-order valence-electron chi connectivity index (χ2n) is 7.90. The monoisotopic (exact) mass is 458 g/mol. The van der Waals surface area contributed by atoms with Crippen LogP contribution in [-0.2, 0) is 20.9 Å². The smallest absolute Gasteiger partial charge is 0.414 e. The van der Waals surface area contributed by atoms with Gasteiger partial charge in [-0.1, -0.05) is 24.3 Å². The van der Waals surface area contributed by atoms with Crippen molar-refractivity contribution in [1.29, 1.82) is 0 Å². The Balaban J connectivity index is 1.65. The summed E-state index contributed by atoms with van der Waals surface area (Å²) in [5, 5.41) is 14.6. The number of amides is 3. The molecule has 0 aromatic heterocycles. The van der Waals surface area contributed by atoms with Crippen LogP contribution in [0.15, 0.2) is 42.5 Å². The molecule has 3 rings (SSSR count). The van der Waals surface area contributed by atoms with Gasteiger partial charge in [0, 0.05) is 19.0 Å². The van der Waals surface area contributed by atoms with E-state index in [1.54, 1.807) is 36.4 Å². The summed E-state index contributed by atoms with van der Waals surface area (Å²) in [4.78, 5) is 36.3. The molecule has 0 spiro atoms. The first kappa shape index (κ1) is 24.1. The van der Waals surface area contributed by atoms with E-state index >= 15 is 0 Å². The molecule has 1 fully saturated rings. The highest BCUT2D eigenvalue weighted by molar-refractivity contribution is 5.90. The number of nitrogens with one attached hydrogen (secondary N) is 2. The van der Waals surface area contributed by atoms with Gasteiger partial charge in [-0.2, -0.15) is 0 Å². The van der Waals surface area contributed by atoms with Crippen LogP contribution in [0.1, 0.15) is 19.4 Å². The summed E-state index contributed by atoms with van der Waals surface area (Å²) >= 11 is 0. The minimum Gasteiger partial charge on any atom is -0.442 e. The molecular formula is C23H27FN4O5. The fourth-order valence-corrected chi connectivity index (χ4v) is 3.33. The Kier molecular flexibility index (Phi) is 7.62. The summed E-state index contributed by atoms with van der Waals surface area (Å²) in [6, 6.07) is 10.4. The first-order valence-corrected chi connectivity index (χ1v) is 10.5. The van der Waals surface area contributed by atoms with E-state index in [4.69, 9.17) is 10.5 Å². The number of nitrogens with two attached hydrogens (primary N) is 1. The van der Waals surface area contributed by atoms with Crippen molar-refractivity contribution >= 4 is 23.6 Å². The number of anilines is 1. The van der Waals surface area contributed by atoms with Crippen molar-refractivity contribution < 1.29 is 28.6 Å². The topological polar surface area (TPSA) is 134 Å². The van der Waals surface area contributed by atoms with Crippen LogP contribution < -0.4 is 21.3 Å². The second kappa shape index (κ2) is 10.4. The van der Waals surface area contributed by atoms with E-state index < -0.39 is 36.1 Å². The molecule has 5 N–H and O–H groups in total. The zero-order chi connectivity index (χ0) is 24.1. The summed E-state index contributed by atoms with van der Waals surface area (Å²) in [5.74, 6) is -1.19. The Morgan fingerprint density at radius 2 is 1.94 bits per heavy atom. The number of hydrogen-bond acceptors (Lipinski definition) is 6. The van der Waals surface area contributed by atoms with Gasteiger partial charge in [-0.3, -0.25) is 14.5 Å². The maximum atomic E-state index is 14.9. The van der Waals surface area contributed by atoms with E-state index in [1.807, 2.05) is 0 Å². The van der Waals surface area contributed by atoms with Crippen molar-refractivity contribution in [3.8, 4) is 11.1 Å². The lowest BCUT2D eigenvalue weighted by molar-refractivity contribution is -0.124. The number of halogens is 1. The Hall–Kier alpha value is -3.50. The number of benzene rings is 2. The van der Waals surface area contributed by atoms with Gasteiger partial charge in [0.15, 0.2) is 0 Å². The highest BCUT2D eigenvalue weighted by Gasteiger charge is 2.32. The fourth-order valence-electron chi connectivity index (χ4n) is 3.33. The summed E-state index contributed by atoms with van der Waals surface area (Å²) in [7, 11) is 0. The Labute approximate surface area is 190 Å². The van der Waals surface area contributed by atoms with Gasteiger partial charge in [0.05, 0.1) is 24.9 Å². The van der Waals surface area contributed by atoms with Gasteiger partial charge in [0.1, 0.15) is 18.0 Å². The first-order valence-electron chi connectivity index (χ1n) is 10.5. The van der Waals surface area contributed by atoms with Crippen LogP contribution in [0.4, 0.5) is 14.9 Å². The maximum absolute atomic E-state index is 14.9. The largest absolute Gasteiger partial charge is 0.442 e. The van der Waals surface area contributed by atoms with Crippen LogP contribution in [0.5, 0.6) is 0 Å². The molecule has 3 amide bonds. The van der Waals surface area contributed by atoms with Gasteiger partial charge in [-0.25, -0.2) is 9.18 Å². The molecule has 0 aliphatic carbocycles. The van der Waals surface area contributed by atoms with E-state index in [0.717, 1.165) is 5.56 Å². The zero-order valence-corrected chi connectivity index (χ0v) is 18.4. The van der Waals surface area contributed by atoms with E-state index in [2.05, 4.69) is 10.6 Å². The van der Waals surface area contributed by atoms with Crippen molar-refractivity contribution in [3.63, 3.8) is 0 Å². The molecule has 2 aromatic carbocycles. The number of cyclic esters (lactones) is 1. The zero-order valence-electron chi connectivity index (χ0n) is 18.4. The van der Waals surface area contributed by atoms with Crippen molar-refractivity contribution in [2.75, 3.05) is 18.0 Å². The van der Waals surface area contributed by atoms with Crippen LogP contribution in [0.25, 0.3) is 11.1 Å². The maximum Gasteiger partial charge on any atom is 0.414 e. The quantitative estimate of drug-likeness (QED) is 0.471. The molecular weight excluding hydrogens is 431 g/mol. The molecule has 3 atom stereocenters. The van der Waals surface area contributed by atoms with E-state index in [-0.39, 0.29) is 25.5 Å². The molecule has 10 heteroatoms. The summed E-state index contributed by atoms with van der Waals surface area (Å²) in [5.41, 5.74) is 7.72. The summed E-state index contributed by atoms with van der Waals surface area (Å²) in [6.45, 7) is 3.43. The number of carbonyl (C=O) groups is 3. The Bertz CT molecular complexity index is 1030. The van der Waals surface area contributed by atoms with Crippen molar-refractivity contribution in [1.82, 2.24) is 10.6 Å². The molecule has 9 nitrogen and oxygen atoms in total. The third-order valence-corrected chi connectivity index (χ3v) is 5.27. The lowest BCUT2D eigenvalue weighted by Crippen LogP contribution is -2.46. The summed E-state index contributed by atoms with van der Waals surface area (Å²) in [6.07, 6.45) is -2.06. The van der Waals surface area contributed by atoms with Gasteiger partial charge in [0.2, 0.25) is 11.8 Å². The number of carbonyl (C=O) groups excluding carboxylic acids is 3. The molecule has 0 unspecified atom stereocenters. The van der Waals surface area contributed by atoms with Gasteiger partial charge < -0.3 is 26.2 Å². The molecule has 0 radical (unpaired) electrons. The summed E-state index contributed by atoms with van der Waals surface area (Å²) < 4.78 is 20.1. The van der Waals surface area contributed by atoms with E-state index in [0.29, 0.717) is 16.8 Å². The SMILES string of the molecule is CC(=O)NC[C@H]1CN(c2ccc(-c3ccc(CNC(=O)[C@H](N)[C@@H](C)O)cc3)c(F)c2)C(=O)O1. The number of rotatable bonds is 8. The number of aliphatic hydroxyl groups excluding tert-OH is 1. The van der Waals surface area contributed by atoms with Crippen molar-refractivity contribution in [3.05, 3.63) is 53.8 Å². The number of hydrogen-bond donors (Lipinski definition) is 4. The van der Waals surface area contributed by atoms with E-state index in [1.165, 1.54) is 24.8 Å². The lowest BCUT2D eigenvalue weighted by atomic mass is 10.0. The lowest BCUT2D eigenvalue weighted by Gasteiger charge is -2.15. The van der Waals surface area contributed by atoms with Gasteiger partial charge in [-0.15, -0.1) is 0 Å². The van der Waals surface area contributed by atoms with Crippen LogP contribution in [-0.4, -0.2) is 54.4 Å². The standard InChI is InChI=1S/C23H27FN4O5/c1-13(29)21(25)22(31)27-10-15-3-5-16(6-4-15)19-8-7-17(9-20(19)24)28-12-18(33-23(28)32)11-26-14(2)30/h3-9,13,18,21,29H,10-12,25H2,1-2H3,(H,26,30)(H,27,31)/t13-,18+,21-/m1/s1. The molecule has 0 bridgehead atoms. The number of aliphatic hydroxyl groups is 1. The predicted molar refractivity (Wildman–Crippen MR) is 120 cm³/mol. The fraction of sp³-hybridized carbons (Fsp3) is 0.348.